The molecule has 0 radical (unpaired) electrons. The van der Waals surface area contributed by atoms with Gasteiger partial charge < -0.3 is 10.6 Å². The molecule has 2 unspecified atom stereocenters. The molecule has 0 aromatic heterocycles. The average molecular weight is 258 g/mol. The molecular weight excluding hydrogens is 232 g/mol. The molecule has 1 aliphatic carbocycles. The average Bonchev–Trinajstić information content (AvgIpc) is 2.41. The number of fused-ring (bicyclic) bond motifs is 1. The summed E-state index contributed by atoms with van der Waals surface area (Å²) in [6.07, 6.45) is 7.77. The van der Waals surface area contributed by atoms with Gasteiger partial charge in [0.15, 0.2) is 0 Å². The summed E-state index contributed by atoms with van der Waals surface area (Å²) in [5, 5.41) is 0. The Morgan fingerprint density at radius 3 is 2.89 bits per heavy atom. The summed E-state index contributed by atoms with van der Waals surface area (Å²) in [5.41, 5.74) is 10.7. The lowest BCUT2D eigenvalue weighted by molar-refractivity contribution is 0.308. The summed E-state index contributed by atoms with van der Waals surface area (Å²) in [6.45, 7) is 4.56. The molecule has 1 aliphatic heterocycles. The Morgan fingerprint density at radius 1 is 1.21 bits per heavy atom. The van der Waals surface area contributed by atoms with Crippen LogP contribution in [0.4, 0.5) is 5.69 Å². The van der Waals surface area contributed by atoms with Crippen molar-refractivity contribution >= 4 is 5.69 Å². The van der Waals surface area contributed by atoms with Crippen molar-refractivity contribution in [1.29, 1.82) is 0 Å². The summed E-state index contributed by atoms with van der Waals surface area (Å²) in [6, 6.07) is 7.35. The molecule has 1 aromatic rings. The summed E-state index contributed by atoms with van der Waals surface area (Å²) in [7, 11) is 0. The SMILES string of the molecule is Cc1ccc2c(c1)CCCN2CC1CCCCC1N. The van der Waals surface area contributed by atoms with Gasteiger partial charge in [0.1, 0.15) is 0 Å². The number of hydrogen-bond donors (Lipinski definition) is 1. The molecule has 1 heterocycles. The molecule has 19 heavy (non-hydrogen) atoms. The maximum absolute atomic E-state index is 6.31. The van der Waals surface area contributed by atoms with Gasteiger partial charge in [0, 0.05) is 24.8 Å². The van der Waals surface area contributed by atoms with Crippen LogP contribution in [-0.4, -0.2) is 19.1 Å². The minimum absolute atomic E-state index is 0.421. The van der Waals surface area contributed by atoms with Gasteiger partial charge in [0.25, 0.3) is 0 Å². The number of nitrogens with two attached hydrogens (primary N) is 1. The Morgan fingerprint density at radius 2 is 2.05 bits per heavy atom. The predicted molar refractivity (Wildman–Crippen MR) is 81.6 cm³/mol. The fourth-order valence-corrected chi connectivity index (χ4v) is 3.74. The molecule has 2 heteroatoms. The van der Waals surface area contributed by atoms with Crippen LogP contribution in [0.25, 0.3) is 0 Å². The van der Waals surface area contributed by atoms with Crippen LogP contribution in [0.1, 0.15) is 43.2 Å². The van der Waals surface area contributed by atoms with Crippen molar-refractivity contribution in [3.63, 3.8) is 0 Å². The number of anilines is 1. The van der Waals surface area contributed by atoms with Crippen LogP contribution >= 0.6 is 0 Å². The van der Waals surface area contributed by atoms with E-state index in [2.05, 4.69) is 30.0 Å². The fraction of sp³-hybridized carbons (Fsp3) is 0.647. The van der Waals surface area contributed by atoms with Crippen LogP contribution in [0.15, 0.2) is 18.2 Å². The van der Waals surface area contributed by atoms with Crippen molar-refractivity contribution in [1.82, 2.24) is 0 Å². The fourth-order valence-electron chi connectivity index (χ4n) is 3.74. The zero-order valence-electron chi connectivity index (χ0n) is 12.1. The van der Waals surface area contributed by atoms with E-state index in [-0.39, 0.29) is 0 Å². The maximum Gasteiger partial charge on any atom is 0.0399 e. The molecular formula is C17H26N2. The highest BCUT2D eigenvalue weighted by Gasteiger charge is 2.26. The molecule has 0 spiro atoms. The third-order valence-electron chi connectivity index (χ3n) is 4.87. The van der Waals surface area contributed by atoms with E-state index < -0.39 is 0 Å². The molecule has 0 bridgehead atoms. The van der Waals surface area contributed by atoms with Gasteiger partial charge in [0.05, 0.1) is 0 Å². The smallest absolute Gasteiger partial charge is 0.0399 e. The second-order valence-corrected chi connectivity index (χ2v) is 6.39. The van der Waals surface area contributed by atoms with E-state index in [4.69, 9.17) is 5.73 Å². The van der Waals surface area contributed by atoms with Crippen LogP contribution in [0.3, 0.4) is 0 Å². The molecule has 1 saturated carbocycles. The second-order valence-electron chi connectivity index (χ2n) is 6.39. The lowest BCUT2D eigenvalue weighted by Crippen LogP contribution is -2.42. The first-order valence-corrected chi connectivity index (χ1v) is 7.84. The van der Waals surface area contributed by atoms with Crippen molar-refractivity contribution in [3.8, 4) is 0 Å². The predicted octanol–water partition coefficient (Wildman–Crippen LogP) is 3.27. The van der Waals surface area contributed by atoms with Crippen LogP contribution < -0.4 is 10.6 Å². The monoisotopic (exact) mass is 258 g/mol. The van der Waals surface area contributed by atoms with Gasteiger partial charge >= 0.3 is 0 Å². The van der Waals surface area contributed by atoms with Gasteiger partial charge in [-0.15, -0.1) is 0 Å². The molecule has 3 rings (SSSR count). The van der Waals surface area contributed by atoms with Crippen molar-refractivity contribution in [2.75, 3.05) is 18.0 Å². The Bertz CT molecular complexity index is 441. The quantitative estimate of drug-likeness (QED) is 0.882. The van der Waals surface area contributed by atoms with E-state index in [1.165, 1.54) is 61.9 Å². The van der Waals surface area contributed by atoms with Crippen molar-refractivity contribution in [2.45, 2.75) is 51.5 Å². The van der Waals surface area contributed by atoms with Crippen molar-refractivity contribution in [3.05, 3.63) is 29.3 Å². The van der Waals surface area contributed by atoms with E-state index in [1.54, 1.807) is 0 Å². The van der Waals surface area contributed by atoms with E-state index in [9.17, 15) is 0 Å². The first kappa shape index (κ1) is 13.0. The summed E-state index contributed by atoms with van der Waals surface area (Å²) in [5.74, 6) is 0.695. The number of benzene rings is 1. The van der Waals surface area contributed by atoms with Crippen LogP contribution in [0.5, 0.6) is 0 Å². The van der Waals surface area contributed by atoms with Gasteiger partial charge in [-0.2, -0.15) is 0 Å². The third kappa shape index (κ3) is 2.79. The molecule has 104 valence electrons. The lowest BCUT2D eigenvalue weighted by Gasteiger charge is -2.38. The van der Waals surface area contributed by atoms with Gasteiger partial charge in [-0.25, -0.2) is 0 Å². The topological polar surface area (TPSA) is 29.3 Å². The Balaban J connectivity index is 1.76. The highest BCUT2D eigenvalue weighted by molar-refractivity contribution is 5.56. The first-order valence-electron chi connectivity index (χ1n) is 7.84. The summed E-state index contributed by atoms with van der Waals surface area (Å²) < 4.78 is 0. The molecule has 1 fully saturated rings. The van der Waals surface area contributed by atoms with E-state index in [1.807, 2.05) is 0 Å². The van der Waals surface area contributed by atoms with E-state index in [0.717, 1.165) is 6.54 Å². The molecule has 2 N–H and O–H groups in total. The zero-order valence-corrected chi connectivity index (χ0v) is 12.1. The summed E-state index contributed by atoms with van der Waals surface area (Å²) >= 11 is 0. The minimum Gasteiger partial charge on any atom is -0.371 e. The highest BCUT2D eigenvalue weighted by Crippen LogP contribution is 2.31. The third-order valence-corrected chi connectivity index (χ3v) is 4.87. The lowest BCUT2D eigenvalue weighted by atomic mass is 9.84. The second kappa shape index (κ2) is 5.54. The van der Waals surface area contributed by atoms with Gasteiger partial charge in [0.2, 0.25) is 0 Å². The molecule has 0 amide bonds. The Labute approximate surface area is 117 Å². The minimum atomic E-state index is 0.421. The molecule has 2 aliphatic rings. The van der Waals surface area contributed by atoms with Gasteiger partial charge in [-0.1, -0.05) is 30.5 Å². The highest BCUT2D eigenvalue weighted by atomic mass is 15.1. The normalized spacial score (nSPS) is 27.2. The van der Waals surface area contributed by atoms with Crippen LogP contribution in [-0.2, 0) is 6.42 Å². The molecule has 2 atom stereocenters. The first-order chi connectivity index (χ1) is 9.24. The van der Waals surface area contributed by atoms with Crippen molar-refractivity contribution < 1.29 is 0 Å². The maximum atomic E-state index is 6.31. The number of nitrogens with zero attached hydrogens (tertiary/aromatic N) is 1. The Kier molecular flexibility index (Phi) is 3.79. The molecule has 1 aromatic carbocycles. The molecule has 0 saturated heterocycles. The van der Waals surface area contributed by atoms with Gasteiger partial charge in [-0.3, -0.25) is 0 Å². The van der Waals surface area contributed by atoms with Crippen LogP contribution in [0, 0.1) is 12.8 Å². The largest absolute Gasteiger partial charge is 0.371 e. The number of rotatable bonds is 2. The van der Waals surface area contributed by atoms with E-state index >= 15 is 0 Å². The molecule has 2 nitrogen and oxygen atoms in total. The van der Waals surface area contributed by atoms with Crippen molar-refractivity contribution in [2.24, 2.45) is 11.7 Å². The Hall–Kier alpha value is -1.02. The number of hydrogen-bond acceptors (Lipinski definition) is 2. The summed E-state index contributed by atoms with van der Waals surface area (Å²) in [4.78, 5) is 2.59. The van der Waals surface area contributed by atoms with Gasteiger partial charge in [-0.05, 0) is 50.2 Å². The zero-order chi connectivity index (χ0) is 13.2. The van der Waals surface area contributed by atoms with Crippen LogP contribution in [0.2, 0.25) is 0 Å². The van der Waals surface area contributed by atoms with E-state index in [0.29, 0.717) is 12.0 Å². The number of aryl methyl sites for hydroxylation is 2. The standard InChI is InChI=1S/C17H26N2/c1-13-8-9-17-14(11-13)6-4-10-19(17)12-15-5-2-3-7-16(15)18/h8-9,11,15-16H,2-7,10,12,18H2,1H3.